The average Bonchev–Trinajstić information content (AvgIpc) is 2.58. The number of carbonyl (C=O) groups is 2. The second-order valence-electron chi connectivity index (χ2n) is 6.27. The zero-order valence-electron chi connectivity index (χ0n) is 16.6. The van der Waals surface area contributed by atoms with Gasteiger partial charge in [0.2, 0.25) is 0 Å². The molecule has 0 aromatic carbocycles. The maximum Gasteiger partial charge on any atom is 0.461 e. The monoisotopic (exact) mass is 508 g/mol. The molecule has 0 N–H and O–H groups in total. The lowest BCUT2D eigenvalue weighted by Crippen LogP contribution is -2.45. The lowest BCUT2D eigenvalue weighted by atomic mass is 10.1. The van der Waals surface area contributed by atoms with Gasteiger partial charge in [-0.1, -0.05) is 13.2 Å². The summed E-state index contributed by atoms with van der Waals surface area (Å²) < 4.78 is 156. The van der Waals surface area contributed by atoms with Crippen molar-refractivity contribution in [3.8, 4) is 0 Å². The largest absolute Gasteiger partial charge is 0.480 e. The molecule has 0 saturated heterocycles. The number of rotatable bonds is 9. The zero-order chi connectivity index (χ0) is 26.6. The van der Waals surface area contributed by atoms with Crippen molar-refractivity contribution < 1.29 is 72.1 Å². The highest BCUT2D eigenvalue weighted by Gasteiger charge is 2.68. The summed E-state index contributed by atoms with van der Waals surface area (Å²) in [7, 11) is 0. The summed E-state index contributed by atoms with van der Waals surface area (Å²) in [5.74, 6) is -13.4. The summed E-state index contributed by atoms with van der Waals surface area (Å²) in [5.41, 5.74) is -5.09. The lowest BCUT2D eigenvalue weighted by Gasteiger charge is -2.30. The van der Waals surface area contributed by atoms with Gasteiger partial charge < -0.3 is 14.2 Å². The molecule has 0 amide bonds. The van der Waals surface area contributed by atoms with E-state index in [2.05, 4.69) is 27.4 Å². The van der Waals surface area contributed by atoms with Crippen molar-refractivity contribution >= 4 is 11.9 Å². The fourth-order valence-electron chi connectivity index (χ4n) is 1.70. The molecule has 0 aromatic heterocycles. The zero-order valence-corrected chi connectivity index (χ0v) is 16.6. The number of carbonyl (C=O) groups excluding carboxylic acids is 2. The van der Waals surface area contributed by atoms with E-state index in [9.17, 15) is 57.9 Å². The molecule has 0 rings (SSSR count). The van der Waals surface area contributed by atoms with E-state index in [1.165, 1.54) is 0 Å². The van der Waals surface area contributed by atoms with Crippen LogP contribution in [0, 0.1) is 0 Å². The summed E-state index contributed by atoms with van der Waals surface area (Å²) in [6.07, 6.45) is -23.2. The summed E-state index contributed by atoms with van der Waals surface area (Å²) in [5, 5.41) is 0. The first-order chi connectivity index (χ1) is 14.5. The van der Waals surface area contributed by atoms with Gasteiger partial charge in [-0.05, 0) is 13.8 Å². The Labute approximate surface area is 178 Å². The Bertz CT molecular complexity index is 758. The predicted octanol–water partition coefficient (Wildman–Crippen LogP) is 5.19. The second-order valence-corrected chi connectivity index (χ2v) is 6.27. The molecule has 0 radical (unpaired) electrons. The Kier molecular flexibility index (Phi) is 9.53. The number of esters is 2. The molecule has 0 fully saturated rings. The molecule has 0 spiro atoms. The number of hydrogen-bond donors (Lipinski definition) is 0. The van der Waals surface area contributed by atoms with Crippen LogP contribution in [-0.4, -0.2) is 55.7 Å². The van der Waals surface area contributed by atoms with Crippen LogP contribution in [0.25, 0.3) is 0 Å². The van der Waals surface area contributed by atoms with E-state index < -0.39 is 78.2 Å². The van der Waals surface area contributed by atoms with E-state index >= 15 is 0 Å². The van der Waals surface area contributed by atoms with Gasteiger partial charge in [-0.2, -0.15) is 48.3 Å². The fourth-order valence-corrected chi connectivity index (χ4v) is 1.70. The van der Waals surface area contributed by atoms with E-state index in [1.807, 2.05) is 0 Å². The molecule has 0 aliphatic carbocycles. The summed E-state index contributed by atoms with van der Waals surface area (Å²) in [6.45, 7) is 5.17. The first-order valence-electron chi connectivity index (χ1n) is 8.19. The minimum absolute atomic E-state index is 0.393. The molecule has 33 heavy (non-hydrogen) atoms. The van der Waals surface area contributed by atoms with Crippen LogP contribution in [0.15, 0.2) is 35.6 Å². The fraction of sp³-hybridized carbons (Fsp3) is 0.529. The molecule has 0 unspecified atom stereocenters. The minimum Gasteiger partial charge on any atom is -0.480 e. The van der Waals surface area contributed by atoms with Crippen molar-refractivity contribution in [3.05, 3.63) is 35.6 Å². The van der Waals surface area contributed by atoms with Crippen molar-refractivity contribution in [3.63, 3.8) is 0 Å². The Morgan fingerprint density at radius 3 is 1.30 bits per heavy atom. The third-order valence-electron chi connectivity index (χ3n) is 3.22. The number of alkyl halides is 11. The van der Waals surface area contributed by atoms with Gasteiger partial charge in [0.05, 0.1) is 0 Å². The molecular formula is C17H15F11O5. The molecule has 5 nitrogen and oxygen atoms in total. The molecule has 190 valence electrons. The van der Waals surface area contributed by atoms with Crippen molar-refractivity contribution in [2.24, 2.45) is 0 Å². The van der Waals surface area contributed by atoms with Gasteiger partial charge in [0, 0.05) is 11.1 Å². The standard InChI is InChI=1S/C17H15F11O5/c1-7(2)12(29)31-5-9(6-32-13(30)8(3)4)33-11(14(18,19)17(26,27)28)10(15(20,21)22)16(23,24)25/h9H,1,3,5-6H2,2,4H3. The highest BCUT2D eigenvalue weighted by Crippen LogP contribution is 2.50. The molecule has 0 aliphatic heterocycles. The number of hydrogen-bond acceptors (Lipinski definition) is 5. The molecule has 0 aromatic rings. The highest BCUT2D eigenvalue weighted by atomic mass is 19.4. The number of halogens is 11. The minimum atomic E-state index is -6.97. The van der Waals surface area contributed by atoms with E-state index in [-0.39, 0.29) is 0 Å². The van der Waals surface area contributed by atoms with Crippen LogP contribution >= 0.6 is 0 Å². The molecule has 0 heterocycles. The van der Waals surface area contributed by atoms with Crippen LogP contribution in [0.3, 0.4) is 0 Å². The van der Waals surface area contributed by atoms with Crippen LogP contribution in [0.2, 0.25) is 0 Å². The van der Waals surface area contributed by atoms with Crippen LogP contribution < -0.4 is 0 Å². The summed E-state index contributed by atoms with van der Waals surface area (Å²) >= 11 is 0. The van der Waals surface area contributed by atoms with Gasteiger partial charge >= 0.3 is 36.4 Å². The van der Waals surface area contributed by atoms with E-state index in [0.717, 1.165) is 13.8 Å². The van der Waals surface area contributed by atoms with Gasteiger partial charge in [0.1, 0.15) is 13.2 Å². The summed E-state index contributed by atoms with van der Waals surface area (Å²) in [4.78, 5) is 22.8. The van der Waals surface area contributed by atoms with Crippen molar-refractivity contribution in [1.29, 1.82) is 0 Å². The van der Waals surface area contributed by atoms with Crippen LogP contribution in [0.4, 0.5) is 48.3 Å². The first-order valence-corrected chi connectivity index (χ1v) is 8.19. The molecule has 0 atom stereocenters. The maximum atomic E-state index is 13.8. The van der Waals surface area contributed by atoms with E-state index in [0.29, 0.717) is 0 Å². The normalized spacial score (nSPS) is 12.8. The molecule has 0 bridgehead atoms. The highest BCUT2D eigenvalue weighted by molar-refractivity contribution is 5.87. The van der Waals surface area contributed by atoms with E-state index in [1.54, 1.807) is 0 Å². The van der Waals surface area contributed by atoms with Crippen LogP contribution in [-0.2, 0) is 23.8 Å². The maximum absolute atomic E-state index is 13.8. The van der Waals surface area contributed by atoms with E-state index in [4.69, 9.17) is 0 Å². The Morgan fingerprint density at radius 1 is 0.727 bits per heavy atom. The average molecular weight is 508 g/mol. The first kappa shape index (κ1) is 30.2. The molecule has 0 aliphatic rings. The molecule has 0 saturated carbocycles. The van der Waals surface area contributed by atoms with Gasteiger partial charge in [-0.25, -0.2) is 9.59 Å². The Morgan fingerprint density at radius 2 is 1.06 bits per heavy atom. The SMILES string of the molecule is C=C(C)C(=O)OCC(COC(=O)C(=C)C)OC(=C(C(F)(F)F)C(F)(F)F)C(F)(F)C(F)(F)F. The number of allylic oxidation sites excluding steroid dienone is 2. The topological polar surface area (TPSA) is 61.8 Å². The lowest BCUT2D eigenvalue weighted by molar-refractivity contribution is -0.285. The van der Waals surface area contributed by atoms with Crippen LogP contribution in [0.1, 0.15) is 13.8 Å². The Hall–Kier alpha value is -2.81. The third-order valence-corrected chi connectivity index (χ3v) is 3.22. The van der Waals surface area contributed by atoms with Gasteiger partial charge in [-0.15, -0.1) is 0 Å². The van der Waals surface area contributed by atoms with Gasteiger partial charge in [-0.3, -0.25) is 0 Å². The number of ether oxygens (including phenoxy) is 3. The van der Waals surface area contributed by atoms with Gasteiger partial charge in [0.15, 0.2) is 17.4 Å². The van der Waals surface area contributed by atoms with Crippen LogP contribution in [0.5, 0.6) is 0 Å². The quantitative estimate of drug-likeness (QED) is 0.186. The summed E-state index contributed by atoms with van der Waals surface area (Å²) in [6, 6.07) is 0. The van der Waals surface area contributed by atoms with Gasteiger partial charge in [0.25, 0.3) is 0 Å². The molecular weight excluding hydrogens is 493 g/mol. The van der Waals surface area contributed by atoms with Crippen molar-refractivity contribution in [1.82, 2.24) is 0 Å². The smallest absolute Gasteiger partial charge is 0.461 e. The predicted molar refractivity (Wildman–Crippen MR) is 86.6 cm³/mol. The Balaban J connectivity index is 6.65. The third kappa shape index (κ3) is 8.57. The van der Waals surface area contributed by atoms with Crippen molar-refractivity contribution in [2.45, 2.75) is 44.4 Å². The second kappa shape index (κ2) is 10.4. The van der Waals surface area contributed by atoms with Crippen molar-refractivity contribution in [2.75, 3.05) is 13.2 Å². The molecule has 16 heteroatoms.